The van der Waals surface area contributed by atoms with Crippen LogP contribution in [0, 0.1) is 5.53 Å². The Morgan fingerprint density at radius 3 is 2.78 bits per heavy atom. The number of carbonyl (C=O) groups is 1. The Labute approximate surface area is 188 Å². The maximum Gasteiger partial charge on any atom is 0.251 e. The molecule has 0 aliphatic heterocycles. The highest BCUT2D eigenvalue weighted by Gasteiger charge is 2.23. The van der Waals surface area contributed by atoms with Crippen molar-refractivity contribution in [2.24, 2.45) is 10.3 Å². The lowest BCUT2D eigenvalue weighted by Gasteiger charge is -2.12. The molecule has 1 saturated carbocycles. The van der Waals surface area contributed by atoms with Crippen molar-refractivity contribution in [3.8, 4) is 0 Å². The highest BCUT2D eigenvalue weighted by molar-refractivity contribution is 7.18. The van der Waals surface area contributed by atoms with Crippen LogP contribution in [-0.2, 0) is 0 Å². The van der Waals surface area contributed by atoms with Crippen LogP contribution in [0.2, 0.25) is 0 Å². The molecule has 4 aromatic rings. The summed E-state index contributed by atoms with van der Waals surface area (Å²) in [6, 6.07) is 15.7. The van der Waals surface area contributed by atoms with E-state index in [0.29, 0.717) is 17.4 Å². The van der Waals surface area contributed by atoms with E-state index in [0.717, 1.165) is 50.9 Å². The van der Waals surface area contributed by atoms with Gasteiger partial charge in [0.25, 0.3) is 5.91 Å². The number of carbonyl (C=O) groups excluding carboxylic acids is 1. The number of hydrogen-bond donors (Lipinski definition) is 4. The number of nitrogens with zero attached hydrogens (tertiary/aromatic N) is 3. The molecule has 32 heavy (non-hydrogen) atoms. The Kier molecular flexibility index (Phi) is 5.24. The summed E-state index contributed by atoms with van der Waals surface area (Å²) in [6.07, 6.45) is 2.11. The van der Waals surface area contributed by atoms with E-state index in [9.17, 15) is 4.79 Å². The van der Waals surface area contributed by atoms with E-state index in [-0.39, 0.29) is 5.91 Å². The summed E-state index contributed by atoms with van der Waals surface area (Å²) in [6.45, 7) is 0. The van der Waals surface area contributed by atoms with Gasteiger partial charge in [0.15, 0.2) is 5.84 Å². The van der Waals surface area contributed by atoms with Crippen LogP contribution in [-0.4, -0.2) is 29.8 Å². The molecule has 2 heterocycles. The van der Waals surface area contributed by atoms with Gasteiger partial charge in [-0.3, -0.25) is 4.79 Å². The highest BCUT2D eigenvalue weighted by atomic mass is 32.1. The molecule has 2 aromatic carbocycles. The predicted molar refractivity (Wildman–Crippen MR) is 128 cm³/mol. The number of rotatable bonds is 6. The van der Waals surface area contributed by atoms with E-state index in [1.54, 1.807) is 18.4 Å². The molecule has 0 radical (unpaired) electrons. The zero-order valence-corrected chi connectivity index (χ0v) is 18.2. The molecule has 1 fully saturated rings. The third-order valence-electron chi connectivity index (χ3n) is 5.36. The van der Waals surface area contributed by atoms with Gasteiger partial charge in [0.1, 0.15) is 5.82 Å². The molecule has 0 spiro atoms. The summed E-state index contributed by atoms with van der Waals surface area (Å²) < 4.78 is 1.12. The van der Waals surface area contributed by atoms with Crippen LogP contribution in [0.3, 0.4) is 0 Å². The fourth-order valence-corrected chi connectivity index (χ4v) is 4.55. The third-order valence-corrected chi connectivity index (χ3v) is 6.30. The summed E-state index contributed by atoms with van der Waals surface area (Å²) in [4.78, 5) is 17.3. The quantitative estimate of drug-likeness (QED) is 0.145. The van der Waals surface area contributed by atoms with Gasteiger partial charge in [-0.1, -0.05) is 23.4 Å². The molecule has 0 atom stereocenters. The minimum Gasteiger partial charge on any atom is -0.371 e. The second-order valence-corrected chi connectivity index (χ2v) is 8.52. The van der Waals surface area contributed by atoms with E-state index in [1.165, 1.54) is 0 Å². The van der Waals surface area contributed by atoms with Crippen molar-refractivity contribution in [2.75, 3.05) is 12.4 Å². The van der Waals surface area contributed by atoms with E-state index in [2.05, 4.69) is 26.3 Å². The van der Waals surface area contributed by atoms with E-state index < -0.39 is 0 Å². The monoisotopic (exact) mass is 443 g/mol. The van der Waals surface area contributed by atoms with Crippen molar-refractivity contribution in [2.45, 2.75) is 18.9 Å². The Morgan fingerprint density at radius 1 is 1.12 bits per heavy atom. The van der Waals surface area contributed by atoms with Crippen molar-refractivity contribution >= 4 is 55.6 Å². The number of anilines is 2. The van der Waals surface area contributed by atoms with Gasteiger partial charge in [-0.05, 0) is 48.6 Å². The highest BCUT2D eigenvalue weighted by Crippen LogP contribution is 2.35. The van der Waals surface area contributed by atoms with Gasteiger partial charge in [-0.2, -0.15) is 5.53 Å². The molecule has 1 aliphatic rings. The Hall–Kier alpha value is -3.85. The van der Waals surface area contributed by atoms with Crippen molar-refractivity contribution in [3.05, 3.63) is 65.0 Å². The van der Waals surface area contributed by atoms with Gasteiger partial charge in [0, 0.05) is 45.4 Å². The van der Waals surface area contributed by atoms with E-state index in [1.807, 2.05) is 53.9 Å². The van der Waals surface area contributed by atoms with Crippen molar-refractivity contribution < 1.29 is 4.79 Å². The maximum atomic E-state index is 12.4. The Balaban J connectivity index is 1.54. The number of amides is 1. The number of aromatic nitrogens is 1. The van der Waals surface area contributed by atoms with E-state index >= 15 is 0 Å². The summed E-state index contributed by atoms with van der Waals surface area (Å²) in [5.74, 6) is 1.17. The van der Waals surface area contributed by atoms with Gasteiger partial charge in [0.05, 0.1) is 5.52 Å². The first-order chi connectivity index (χ1) is 15.7. The predicted octanol–water partition coefficient (Wildman–Crippen LogP) is 5.00. The summed E-state index contributed by atoms with van der Waals surface area (Å²) in [7, 11) is 1.74. The smallest absolute Gasteiger partial charge is 0.251 e. The molecule has 1 aliphatic carbocycles. The molecule has 0 bridgehead atoms. The number of thiophene rings is 1. The fraction of sp³-hybridized carbons (Fsp3) is 0.174. The molecule has 1 amide bonds. The standard InChI is InChI=1S/C23H21N7OS/c1-25-21(29-30-24)13-5-8-17-19(12-13)28-22(18-9-10-32-20(17)18)26-16-4-2-3-14(11-16)23(31)27-15-6-7-15/h2-5,8-12,15H,6-7H2,1H3,(H,26,28)(H,27,31)(H2,24,25,29). The van der Waals surface area contributed by atoms with Crippen LogP contribution in [0.4, 0.5) is 11.5 Å². The first-order valence-corrected chi connectivity index (χ1v) is 11.2. The lowest BCUT2D eigenvalue weighted by molar-refractivity contribution is 0.0951. The number of benzene rings is 2. The van der Waals surface area contributed by atoms with Crippen molar-refractivity contribution in [1.29, 1.82) is 5.53 Å². The largest absolute Gasteiger partial charge is 0.371 e. The zero-order chi connectivity index (χ0) is 22.1. The molecule has 0 saturated heterocycles. The van der Waals surface area contributed by atoms with Crippen LogP contribution in [0.15, 0.2) is 64.2 Å². The molecular formula is C23H21N7OS. The number of fused-ring (bicyclic) bond motifs is 3. The molecular weight excluding hydrogens is 422 g/mol. The van der Waals surface area contributed by atoms with Gasteiger partial charge < -0.3 is 16.0 Å². The van der Waals surface area contributed by atoms with Gasteiger partial charge in [-0.25, -0.2) is 4.98 Å². The molecule has 160 valence electrons. The second-order valence-electron chi connectivity index (χ2n) is 7.61. The SMILES string of the molecule is CN/C(=N\N=N)c1ccc2c(c1)nc(Nc1cccc(C(=O)NC3CC3)c1)c1ccsc12. The number of pyridine rings is 1. The fourth-order valence-electron chi connectivity index (χ4n) is 3.62. The third kappa shape index (κ3) is 3.90. The number of hydrogen-bond acceptors (Lipinski definition) is 6. The molecule has 0 unspecified atom stereocenters. The van der Waals surface area contributed by atoms with Crippen molar-refractivity contribution in [3.63, 3.8) is 0 Å². The first-order valence-electron chi connectivity index (χ1n) is 10.3. The summed E-state index contributed by atoms with van der Waals surface area (Å²) >= 11 is 1.66. The topological polar surface area (TPSA) is 115 Å². The van der Waals surface area contributed by atoms with Crippen LogP contribution >= 0.6 is 11.3 Å². The minimum absolute atomic E-state index is 0.0494. The molecule has 8 nitrogen and oxygen atoms in total. The van der Waals surface area contributed by atoms with Gasteiger partial charge in [0.2, 0.25) is 0 Å². The first kappa shape index (κ1) is 20.1. The molecule has 5 rings (SSSR count). The van der Waals surface area contributed by atoms with Crippen LogP contribution < -0.4 is 16.0 Å². The molecule has 9 heteroatoms. The number of amidine groups is 1. The maximum absolute atomic E-state index is 12.4. The molecule has 2 aromatic heterocycles. The Bertz CT molecular complexity index is 1370. The zero-order valence-electron chi connectivity index (χ0n) is 17.3. The van der Waals surface area contributed by atoms with Crippen molar-refractivity contribution in [1.82, 2.24) is 15.6 Å². The average Bonchev–Trinajstić information content (AvgIpc) is 3.48. The number of nitrogens with one attached hydrogen (secondary N) is 4. The Morgan fingerprint density at radius 2 is 2.00 bits per heavy atom. The average molecular weight is 444 g/mol. The lowest BCUT2D eigenvalue weighted by Crippen LogP contribution is -2.25. The lowest BCUT2D eigenvalue weighted by atomic mass is 10.1. The summed E-state index contributed by atoms with van der Waals surface area (Å²) in [5.41, 5.74) is 10.1. The van der Waals surface area contributed by atoms with Crippen LogP contribution in [0.25, 0.3) is 21.0 Å². The second kappa shape index (κ2) is 8.35. The van der Waals surface area contributed by atoms with E-state index in [4.69, 9.17) is 10.5 Å². The van der Waals surface area contributed by atoms with Gasteiger partial charge >= 0.3 is 0 Å². The minimum atomic E-state index is -0.0494. The molecule has 4 N–H and O–H groups in total. The van der Waals surface area contributed by atoms with Crippen LogP contribution in [0.1, 0.15) is 28.8 Å². The van der Waals surface area contributed by atoms with Gasteiger partial charge in [-0.15, -0.1) is 16.4 Å². The summed E-state index contributed by atoms with van der Waals surface area (Å²) in [5, 5.41) is 20.5. The van der Waals surface area contributed by atoms with Crippen LogP contribution in [0.5, 0.6) is 0 Å². The normalized spacial score (nSPS) is 13.8.